The minimum absolute atomic E-state index is 0.0142. The van der Waals surface area contributed by atoms with Crippen LogP contribution in [-0.2, 0) is 19.4 Å². The molecule has 0 aromatic heterocycles. The first-order valence-electron chi connectivity index (χ1n) is 8.71. The Balaban J connectivity index is 2.06. The molecular weight excluding hydrogens is 361 g/mol. The molecular formula is C18H24FNO5S. The molecule has 1 aromatic rings. The molecule has 2 rings (SSSR count). The second kappa shape index (κ2) is 8.62. The number of amides is 1. The average molecular weight is 385 g/mol. The highest BCUT2D eigenvalue weighted by molar-refractivity contribution is 7.91. The molecule has 1 heterocycles. The maximum absolute atomic E-state index is 13.0. The van der Waals surface area contributed by atoms with Crippen molar-refractivity contribution in [1.29, 1.82) is 0 Å². The van der Waals surface area contributed by atoms with E-state index in [2.05, 4.69) is 0 Å². The number of carboxylic acid groups (broad SMARTS) is 1. The molecule has 8 heteroatoms. The van der Waals surface area contributed by atoms with Crippen LogP contribution in [0.25, 0.3) is 0 Å². The first-order valence-corrected chi connectivity index (χ1v) is 10.4. The van der Waals surface area contributed by atoms with Gasteiger partial charge in [0.15, 0.2) is 9.84 Å². The van der Waals surface area contributed by atoms with E-state index in [1.807, 2.05) is 0 Å². The van der Waals surface area contributed by atoms with Gasteiger partial charge < -0.3 is 10.0 Å². The Kier molecular flexibility index (Phi) is 6.75. The van der Waals surface area contributed by atoms with Crippen LogP contribution in [0.2, 0.25) is 0 Å². The van der Waals surface area contributed by atoms with Crippen LogP contribution >= 0.6 is 0 Å². The SMILES string of the molecule is CC(CS(=O)(=O)c1ccc(F)cc1)C(=O)N1CCCCC1CCC(=O)O. The van der Waals surface area contributed by atoms with Gasteiger partial charge in [0.25, 0.3) is 0 Å². The third-order valence-corrected chi connectivity index (χ3v) is 6.59. The standard InChI is InChI=1S/C18H24FNO5S/c1-13(12-26(24,25)16-8-5-14(19)6-9-16)18(23)20-11-3-2-4-15(20)7-10-17(21)22/h5-6,8-9,13,15H,2-4,7,10-12H2,1H3,(H,21,22). The molecule has 0 bridgehead atoms. The number of hydrogen-bond acceptors (Lipinski definition) is 4. The number of carboxylic acids is 1. The largest absolute Gasteiger partial charge is 0.481 e. The molecule has 0 radical (unpaired) electrons. The fourth-order valence-electron chi connectivity index (χ4n) is 3.30. The summed E-state index contributed by atoms with van der Waals surface area (Å²) in [5.41, 5.74) is 0. The third-order valence-electron chi connectivity index (χ3n) is 4.67. The Hall–Kier alpha value is -1.96. The van der Waals surface area contributed by atoms with E-state index in [9.17, 15) is 22.4 Å². The van der Waals surface area contributed by atoms with E-state index < -0.39 is 27.5 Å². The first-order chi connectivity index (χ1) is 12.2. The molecule has 1 saturated heterocycles. The number of halogens is 1. The third kappa shape index (κ3) is 5.27. The van der Waals surface area contributed by atoms with Crippen LogP contribution in [0, 0.1) is 11.7 Å². The minimum Gasteiger partial charge on any atom is -0.481 e. The summed E-state index contributed by atoms with van der Waals surface area (Å²) in [6.45, 7) is 2.08. The second-order valence-electron chi connectivity index (χ2n) is 6.75. The summed E-state index contributed by atoms with van der Waals surface area (Å²) in [4.78, 5) is 25.2. The van der Waals surface area contributed by atoms with Crippen LogP contribution in [0.5, 0.6) is 0 Å². The number of aliphatic carboxylic acids is 1. The summed E-state index contributed by atoms with van der Waals surface area (Å²) in [7, 11) is -3.71. The summed E-state index contributed by atoms with van der Waals surface area (Å²) < 4.78 is 37.9. The molecule has 0 aliphatic carbocycles. The quantitative estimate of drug-likeness (QED) is 0.728. The Bertz CT molecular complexity index is 747. The molecule has 1 amide bonds. The van der Waals surface area contributed by atoms with Crippen LogP contribution in [0.1, 0.15) is 39.0 Å². The van der Waals surface area contributed by atoms with Gasteiger partial charge in [-0.05, 0) is 49.9 Å². The fourth-order valence-corrected chi connectivity index (χ4v) is 4.85. The molecule has 6 nitrogen and oxygen atoms in total. The predicted octanol–water partition coefficient (Wildman–Crippen LogP) is 2.48. The van der Waals surface area contributed by atoms with Gasteiger partial charge in [-0.1, -0.05) is 6.92 Å². The van der Waals surface area contributed by atoms with Crippen LogP contribution in [-0.4, -0.2) is 48.6 Å². The Morgan fingerprint density at radius 3 is 2.54 bits per heavy atom. The maximum Gasteiger partial charge on any atom is 0.303 e. The molecule has 0 spiro atoms. The lowest BCUT2D eigenvalue weighted by molar-refractivity contribution is -0.141. The number of carbonyl (C=O) groups is 2. The van der Waals surface area contributed by atoms with Gasteiger partial charge in [0.1, 0.15) is 5.82 Å². The van der Waals surface area contributed by atoms with Crippen LogP contribution < -0.4 is 0 Å². The van der Waals surface area contributed by atoms with Crippen molar-refractivity contribution < 1.29 is 27.5 Å². The summed E-state index contributed by atoms with van der Waals surface area (Å²) in [6.07, 6.45) is 2.84. The van der Waals surface area contributed by atoms with Gasteiger partial charge in [-0.15, -0.1) is 0 Å². The molecule has 144 valence electrons. The number of carbonyl (C=O) groups excluding carboxylic acids is 1. The summed E-state index contributed by atoms with van der Waals surface area (Å²) in [5.74, 6) is -2.82. The lowest BCUT2D eigenvalue weighted by atomic mass is 9.96. The zero-order valence-corrected chi connectivity index (χ0v) is 15.5. The molecule has 1 N–H and O–H groups in total. The fraction of sp³-hybridized carbons (Fsp3) is 0.556. The van der Waals surface area contributed by atoms with E-state index in [0.29, 0.717) is 13.0 Å². The summed E-state index contributed by atoms with van der Waals surface area (Å²) in [6, 6.07) is 4.37. The number of piperidine rings is 1. The van der Waals surface area contributed by atoms with E-state index in [-0.39, 0.29) is 29.0 Å². The van der Waals surface area contributed by atoms with Gasteiger partial charge in [-0.25, -0.2) is 12.8 Å². The van der Waals surface area contributed by atoms with Crippen LogP contribution in [0.15, 0.2) is 29.2 Å². The molecule has 2 unspecified atom stereocenters. The number of rotatable bonds is 7. The van der Waals surface area contributed by atoms with Crippen molar-refractivity contribution >= 4 is 21.7 Å². The number of sulfone groups is 1. The lowest BCUT2D eigenvalue weighted by Crippen LogP contribution is -2.47. The molecule has 2 atom stereocenters. The van der Waals surface area contributed by atoms with E-state index in [1.54, 1.807) is 11.8 Å². The highest BCUT2D eigenvalue weighted by Crippen LogP contribution is 2.24. The predicted molar refractivity (Wildman–Crippen MR) is 93.8 cm³/mol. The number of nitrogens with zero attached hydrogens (tertiary/aromatic N) is 1. The normalized spacial score (nSPS) is 19.2. The Morgan fingerprint density at radius 1 is 1.27 bits per heavy atom. The van der Waals surface area contributed by atoms with Crippen LogP contribution in [0.3, 0.4) is 0 Å². The molecule has 0 saturated carbocycles. The molecule has 1 aromatic carbocycles. The zero-order chi connectivity index (χ0) is 19.3. The van der Waals surface area contributed by atoms with E-state index >= 15 is 0 Å². The van der Waals surface area contributed by atoms with Gasteiger partial charge in [-0.3, -0.25) is 9.59 Å². The Morgan fingerprint density at radius 2 is 1.92 bits per heavy atom. The van der Waals surface area contributed by atoms with E-state index in [0.717, 1.165) is 31.4 Å². The van der Waals surface area contributed by atoms with Crippen molar-refractivity contribution in [3.05, 3.63) is 30.1 Å². The van der Waals surface area contributed by atoms with Gasteiger partial charge in [0.2, 0.25) is 5.91 Å². The van der Waals surface area contributed by atoms with E-state index in [4.69, 9.17) is 5.11 Å². The molecule has 1 aliphatic rings. The van der Waals surface area contributed by atoms with Crippen molar-refractivity contribution in [2.45, 2.75) is 50.0 Å². The molecule has 1 fully saturated rings. The van der Waals surface area contributed by atoms with Crippen molar-refractivity contribution in [3.63, 3.8) is 0 Å². The molecule has 1 aliphatic heterocycles. The summed E-state index contributed by atoms with van der Waals surface area (Å²) >= 11 is 0. The van der Waals surface area contributed by atoms with Gasteiger partial charge in [-0.2, -0.15) is 0 Å². The minimum atomic E-state index is -3.71. The average Bonchev–Trinajstić information content (AvgIpc) is 2.59. The topological polar surface area (TPSA) is 91.8 Å². The number of benzene rings is 1. The van der Waals surface area contributed by atoms with Crippen molar-refractivity contribution in [2.75, 3.05) is 12.3 Å². The number of hydrogen-bond donors (Lipinski definition) is 1. The highest BCUT2D eigenvalue weighted by Gasteiger charge is 2.32. The highest BCUT2D eigenvalue weighted by atomic mass is 32.2. The number of likely N-dealkylation sites (tertiary alicyclic amines) is 1. The summed E-state index contributed by atoms with van der Waals surface area (Å²) in [5, 5.41) is 8.87. The van der Waals surface area contributed by atoms with Crippen molar-refractivity contribution in [3.8, 4) is 0 Å². The van der Waals surface area contributed by atoms with Gasteiger partial charge in [0, 0.05) is 24.9 Å². The smallest absolute Gasteiger partial charge is 0.303 e. The molecule has 26 heavy (non-hydrogen) atoms. The Labute approximate surface area is 152 Å². The van der Waals surface area contributed by atoms with Gasteiger partial charge in [0.05, 0.1) is 10.6 Å². The van der Waals surface area contributed by atoms with E-state index in [1.165, 1.54) is 12.1 Å². The van der Waals surface area contributed by atoms with Crippen LogP contribution in [0.4, 0.5) is 4.39 Å². The zero-order valence-electron chi connectivity index (χ0n) is 14.7. The monoisotopic (exact) mass is 385 g/mol. The lowest BCUT2D eigenvalue weighted by Gasteiger charge is -2.37. The maximum atomic E-state index is 13.0. The second-order valence-corrected chi connectivity index (χ2v) is 8.78. The van der Waals surface area contributed by atoms with Gasteiger partial charge >= 0.3 is 5.97 Å². The first kappa shape index (κ1) is 20.4. The van der Waals surface area contributed by atoms with Crippen molar-refractivity contribution in [2.24, 2.45) is 5.92 Å². The van der Waals surface area contributed by atoms with Crippen molar-refractivity contribution in [1.82, 2.24) is 4.90 Å².